The molecule has 0 bridgehead atoms. The summed E-state index contributed by atoms with van der Waals surface area (Å²) in [5, 5.41) is 12.4. The van der Waals surface area contributed by atoms with Gasteiger partial charge in [0, 0.05) is 6.54 Å². The summed E-state index contributed by atoms with van der Waals surface area (Å²) in [6.45, 7) is 0.204. The molecule has 0 aliphatic heterocycles. The van der Waals surface area contributed by atoms with Crippen molar-refractivity contribution in [3.8, 4) is 0 Å². The number of aliphatic carboxylic acids is 1. The summed E-state index contributed by atoms with van der Waals surface area (Å²) in [5.41, 5.74) is 0. The van der Waals surface area contributed by atoms with E-state index in [0.717, 1.165) is 11.3 Å². The van der Waals surface area contributed by atoms with E-state index in [9.17, 15) is 4.79 Å². The number of hydrogen-bond donors (Lipinski definition) is 3. The lowest BCUT2D eigenvalue weighted by Crippen LogP contribution is -2.32. The van der Waals surface area contributed by atoms with Crippen LogP contribution in [0.4, 0.5) is 0 Å². The van der Waals surface area contributed by atoms with Crippen LogP contribution in [0.2, 0.25) is 0 Å². The largest absolute Gasteiger partial charge is 0.481 e. The predicted molar refractivity (Wildman–Crippen MR) is 35.8 cm³/mol. The fourth-order valence-electron chi connectivity index (χ4n) is 0.368. The average molecular weight is 146 g/mol. The van der Waals surface area contributed by atoms with Crippen molar-refractivity contribution in [3.05, 3.63) is 0 Å². The summed E-state index contributed by atoms with van der Waals surface area (Å²) >= 11 is 0. The Hall–Kier alpha value is -1.30. The first kappa shape index (κ1) is 8.70. The lowest BCUT2D eigenvalue weighted by Gasteiger charge is -2.08. The van der Waals surface area contributed by atoms with Gasteiger partial charge in [-0.05, 0) is 0 Å². The maximum absolute atomic E-state index is 9.95. The number of nitrogens with two attached hydrogens (primary N) is 2. The zero-order valence-electron chi connectivity index (χ0n) is 5.40. The van der Waals surface area contributed by atoms with E-state index in [1.54, 1.807) is 0 Å². The topological polar surface area (TPSA) is 105 Å². The van der Waals surface area contributed by atoms with E-state index in [1.165, 1.54) is 0 Å². The second-order valence-electron chi connectivity index (χ2n) is 1.65. The zero-order chi connectivity index (χ0) is 7.98. The minimum absolute atomic E-state index is 0.0253. The molecule has 0 fully saturated rings. The molecule has 0 aromatic rings. The number of carboxylic acid groups (broad SMARTS) is 1. The molecule has 0 amide bonds. The van der Waals surface area contributed by atoms with Gasteiger partial charge in [0.15, 0.2) is 0 Å². The van der Waals surface area contributed by atoms with E-state index in [4.69, 9.17) is 16.8 Å². The van der Waals surface area contributed by atoms with Gasteiger partial charge >= 0.3 is 5.97 Å². The lowest BCUT2D eigenvalue weighted by molar-refractivity contribution is -0.137. The van der Waals surface area contributed by atoms with Gasteiger partial charge in [0.25, 0.3) is 0 Å². The van der Waals surface area contributed by atoms with E-state index < -0.39 is 5.97 Å². The van der Waals surface area contributed by atoms with Crippen LogP contribution < -0.4 is 11.7 Å². The maximum atomic E-state index is 9.95. The molecule has 0 heterocycles. The third-order valence-corrected chi connectivity index (χ3v) is 0.799. The zero-order valence-corrected chi connectivity index (χ0v) is 5.40. The lowest BCUT2D eigenvalue weighted by atomic mass is 10.4. The summed E-state index contributed by atoms with van der Waals surface area (Å²) in [7, 11) is 0. The molecular weight excluding hydrogens is 136 g/mol. The fraction of sp³-hybridized carbons (Fsp3) is 0.500. The van der Waals surface area contributed by atoms with Crippen LogP contribution in [0, 0.1) is 0 Å². The molecule has 0 aliphatic carbocycles. The third-order valence-electron chi connectivity index (χ3n) is 0.799. The minimum Gasteiger partial charge on any atom is -0.481 e. The second kappa shape index (κ2) is 4.57. The van der Waals surface area contributed by atoms with Gasteiger partial charge in [-0.15, -0.1) is 0 Å². The standard InChI is InChI=1S/C4H10N4O2/c5-7-3-8(6)2-1-4(9)10/h3H,1-2,5-6H2,(H,9,10). The van der Waals surface area contributed by atoms with Crippen LogP contribution in [0.15, 0.2) is 5.10 Å². The summed E-state index contributed by atoms with van der Waals surface area (Å²) in [6.07, 6.45) is 1.13. The van der Waals surface area contributed by atoms with E-state index in [0.29, 0.717) is 0 Å². The van der Waals surface area contributed by atoms with Crippen molar-refractivity contribution in [1.82, 2.24) is 5.01 Å². The first-order chi connectivity index (χ1) is 4.66. The van der Waals surface area contributed by atoms with E-state index in [1.807, 2.05) is 0 Å². The van der Waals surface area contributed by atoms with Crippen molar-refractivity contribution in [2.75, 3.05) is 6.54 Å². The van der Waals surface area contributed by atoms with Crippen LogP contribution in [-0.2, 0) is 4.79 Å². The van der Waals surface area contributed by atoms with E-state index >= 15 is 0 Å². The molecule has 0 atom stereocenters. The summed E-state index contributed by atoms with van der Waals surface area (Å²) in [6, 6.07) is 0. The van der Waals surface area contributed by atoms with Crippen LogP contribution in [0.25, 0.3) is 0 Å². The van der Waals surface area contributed by atoms with E-state index in [-0.39, 0.29) is 13.0 Å². The maximum Gasteiger partial charge on any atom is 0.305 e. The first-order valence-electron chi connectivity index (χ1n) is 2.63. The van der Waals surface area contributed by atoms with Gasteiger partial charge in [-0.25, -0.2) is 5.84 Å². The van der Waals surface area contributed by atoms with Gasteiger partial charge < -0.3 is 10.9 Å². The first-order valence-corrected chi connectivity index (χ1v) is 2.63. The number of nitrogens with zero attached hydrogens (tertiary/aromatic N) is 2. The van der Waals surface area contributed by atoms with Crippen molar-refractivity contribution in [2.24, 2.45) is 16.8 Å². The van der Waals surface area contributed by atoms with Crippen LogP contribution in [-0.4, -0.2) is 29.0 Å². The Morgan fingerprint density at radius 1 is 1.80 bits per heavy atom. The van der Waals surface area contributed by atoms with Gasteiger partial charge in [0.1, 0.15) is 6.34 Å². The van der Waals surface area contributed by atoms with Crippen molar-refractivity contribution >= 4 is 12.3 Å². The van der Waals surface area contributed by atoms with Gasteiger partial charge in [-0.1, -0.05) is 0 Å². The van der Waals surface area contributed by atoms with Gasteiger partial charge in [0.2, 0.25) is 0 Å². The molecule has 0 saturated carbocycles. The van der Waals surface area contributed by atoms with Gasteiger partial charge in [0.05, 0.1) is 6.42 Å². The Balaban J connectivity index is 3.39. The predicted octanol–water partition coefficient (Wildman–Crippen LogP) is -1.46. The number of hydrogen-bond acceptors (Lipinski definition) is 4. The fourth-order valence-corrected chi connectivity index (χ4v) is 0.368. The monoisotopic (exact) mass is 146 g/mol. The van der Waals surface area contributed by atoms with Crippen LogP contribution >= 0.6 is 0 Å². The molecule has 0 aromatic heterocycles. The summed E-state index contributed by atoms with van der Waals surface area (Å²) < 4.78 is 0. The van der Waals surface area contributed by atoms with Crippen molar-refractivity contribution in [3.63, 3.8) is 0 Å². The second-order valence-corrected chi connectivity index (χ2v) is 1.65. The average Bonchev–Trinajstić information content (AvgIpc) is 1.85. The number of carbonyl (C=O) groups is 1. The molecule has 0 rings (SSSR count). The van der Waals surface area contributed by atoms with E-state index in [2.05, 4.69) is 5.10 Å². The van der Waals surface area contributed by atoms with Crippen LogP contribution in [0.1, 0.15) is 6.42 Å². The molecule has 0 aliphatic rings. The number of carboxylic acids is 1. The number of hydrazine groups is 1. The highest BCUT2D eigenvalue weighted by molar-refractivity contribution is 5.67. The Kier molecular flexibility index (Phi) is 3.97. The molecule has 10 heavy (non-hydrogen) atoms. The summed E-state index contributed by atoms with van der Waals surface area (Å²) in [4.78, 5) is 9.95. The van der Waals surface area contributed by atoms with Crippen LogP contribution in [0.5, 0.6) is 0 Å². The van der Waals surface area contributed by atoms with Crippen molar-refractivity contribution in [1.29, 1.82) is 0 Å². The van der Waals surface area contributed by atoms with Crippen LogP contribution in [0.3, 0.4) is 0 Å². The molecule has 0 spiro atoms. The van der Waals surface area contributed by atoms with Crippen molar-refractivity contribution < 1.29 is 9.90 Å². The van der Waals surface area contributed by atoms with Gasteiger partial charge in [-0.3, -0.25) is 9.80 Å². The summed E-state index contributed by atoms with van der Waals surface area (Å²) in [5.74, 6) is 9.01. The molecular formula is C4H10N4O2. The Morgan fingerprint density at radius 2 is 2.40 bits per heavy atom. The SMILES string of the molecule is NN=CN(N)CCC(=O)O. The Morgan fingerprint density at radius 3 is 2.80 bits per heavy atom. The number of hydrazone groups is 1. The normalized spacial score (nSPS) is 10.1. The highest BCUT2D eigenvalue weighted by atomic mass is 16.4. The molecule has 6 heteroatoms. The molecule has 58 valence electrons. The third kappa shape index (κ3) is 4.85. The molecule has 5 N–H and O–H groups in total. The molecule has 0 unspecified atom stereocenters. The Bertz CT molecular complexity index is 135. The molecule has 6 nitrogen and oxygen atoms in total. The van der Waals surface area contributed by atoms with Gasteiger partial charge in [-0.2, -0.15) is 5.10 Å². The molecule has 0 radical (unpaired) electrons. The Labute approximate surface area is 58.1 Å². The highest BCUT2D eigenvalue weighted by Gasteiger charge is 1.97. The minimum atomic E-state index is -0.902. The highest BCUT2D eigenvalue weighted by Crippen LogP contribution is 1.79. The smallest absolute Gasteiger partial charge is 0.305 e. The number of rotatable bonds is 4. The molecule has 0 saturated heterocycles. The molecule has 0 aromatic carbocycles. The van der Waals surface area contributed by atoms with Crippen molar-refractivity contribution in [2.45, 2.75) is 6.42 Å². The quantitative estimate of drug-likeness (QED) is 0.194.